The molecule has 0 unspecified atom stereocenters. The summed E-state index contributed by atoms with van der Waals surface area (Å²) in [6.45, 7) is 6.89. The molecule has 11 aromatic rings. The number of benzene rings is 9. The molecule has 2 aromatic heterocycles. The zero-order valence-corrected chi connectivity index (χ0v) is 39.6. The molecule has 66 heavy (non-hydrogen) atoms. The molecular formula is C60H43BN2S2Si. The fraction of sp³-hybridized carbons (Fsp3) is 0.0667. The van der Waals surface area contributed by atoms with E-state index in [0.29, 0.717) is 0 Å². The maximum absolute atomic E-state index is 2.90. The lowest BCUT2D eigenvalue weighted by molar-refractivity contribution is 0.590. The van der Waals surface area contributed by atoms with Crippen LogP contribution in [0.1, 0.15) is 26.3 Å². The van der Waals surface area contributed by atoms with Gasteiger partial charge in [-0.25, -0.2) is 0 Å². The van der Waals surface area contributed by atoms with Crippen molar-refractivity contribution >= 4 is 127 Å². The van der Waals surface area contributed by atoms with Gasteiger partial charge in [0.1, 0.15) is 0 Å². The summed E-state index contributed by atoms with van der Waals surface area (Å²) in [7, 11) is -2.90. The average Bonchev–Trinajstić information content (AvgIpc) is 3.94. The minimum Gasteiger partial charge on any atom is -0.376 e. The van der Waals surface area contributed by atoms with Crippen LogP contribution in [0.2, 0.25) is 0 Å². The molecule has 3 aliphatic heterocycles. The van der Waals surface area contributed by atoms with Gasteiger partial charge in [0.2, 0.25) is 0 Å². The van der Waals surface area contributed by atoms with Gasteiger partial charge in [-0.2, -0.15) is 0 Å². The normalized spacial score (nSPS) is 14.3. The first-order valence-electron chi connectivity index (χ1n) is 23.0. The number of thiophene rings is 2. The predicted octanol–water partition coefficient (Wildman–Crippen LogP) is 12.6. The van der Waals surface area contributed by atoms with Gasteiger partial charge in [-0.15, -0.1) is 22.7 Å². The average molecular weight is 895 g/mol. The highest BCUT2D eigenvalue weighted by molar-refractivity contribution is 7.27. The Hall–Kier alpha value is -6.96. The number of hydrogen-bond donors (Lipinski definition) is 0. The topological polar surface area (TPSA) is 6.48 Å². The highest BCUT2D eigenvalue weighted by Crippen LogP contribution is 2.55. The molecule has 14 rings (SSSR count). The fourth-order valence-electron chi connectivity index (χ4n) is 11.9. The van der Waals surface area contributed by atoms with Gasteiger partial charge in [-0.3, -0.25) is 0 Å². The van der Waals surface area contributed by atoms with Gasteiger partial charge in [-0.1, -0.05) is 191 Å². The molecule has 0 spiro atoms. The molecule has 0 amide bonds. The van der Waals surface area contributed by atoms with Crippen molar-refractivity contribution in [2.45, 2.75) is 26.2 Å². The van der Waals surface area contributed by atoms with Gasteiger partial charge in [0, 0.05) is 53.1 Å². The Kier molecular flexibility index (Phi) is 8.14. The van der Waals surface area contributed by atoms with Crippen molar-refractivity contribution in [2.24, 2.45) is 0 Å². The highest BCUT2D eigenvalue weighted by Gasteiger charge is 2.55. The molecule has 0 atom stereocenters. The van der Waals surface area contributed by atoms with Crippen LogP contribution in [0.4, 0.5) is 27.8 Å². The third-order valence-electron chi connectivity index (χ3n) is 14.7. The first-order valence-corrected chi connectivity index (χ1v) is 26.7. The van der Waals surface area contributed by atoms with E-state index in [4.69, 9.17) is 0 Å². The Balaban J connectivity index is 1.19. The van der Waals surface area contributed by atoms with E-state index in [2.05, 4.69) is 237 Å². The lowest BCUT2D eigenvalue weighted by Crippen LogP contribution is -2.79. The molecule has 0 bridgehead atoms. The summed E-state index contributed by atoms with van der Waals surface area (Å²) in [6.07, 6.45) is 0. The zero-order valence-electron chi connectivity index (χ0n) is 36.9. The minimum atomic E-state index is -2.90. The molecule has 6 heteroatoms. The van der Waals surface area contributed by atoms with Crippen molar-refractivity contribution in [3.8, 4) is 22.3 Å². The van der Waals surface area contributed by atoms with E-state index in [1.54, 1.807) is 0 Å². The summed E-state index contributed by atoms with van der Waals surface area (Å²) in [5.74, 6) is 0. The molecule has 2 nitrogen and oxygen atoms in total. The third-order valence-corrected chi connectivity index (χ3v) is 21.8. The molecule has 0 fully saturated rings. The number of anilines is 5. The van der Waals surface area contributed by atoms with E-state index in [-0.39, 0.29) is 12.3 Å². The Bertz CT molecular complexity index is 3740. The van der Waals surface area contributed by atoms with Crippen LogP contribution in [0.5, 0.6) is 0 Å². The molecule has 0 aliphatic carbocycles. The van der Waals surface area contributed by atoms with Crippen molar-refractivity contribution < 1.29 is 0 Å². The molecule has 0 saturated carbocycles. The van der Waals surface area contributed by atoms with Crippen molar-refractivity contribution in [2.75, 3.05) is 9.71 Å². The molecule has 9 aromatic carbocycles. The van der Waals surface area contributed by atoms with Crippen molar-refractivity contribution in [1.29, 1.82) is 0 Å². The first kappa shape index (κ1) is 38.3. The number of nitrogens with zero attached hydrogens (tertiary/aromatic N) is 2. The Morgan fingerprint density at radius 1 is 0.470 bits per heavy atom. The van der Waals surface area contributed by atoms with E-state index in [0.717, 1.165) is 0 Å². The zero-order chi connectivity index (χ0) is 43.9. The molecule has 0 saturated heterocycles. The smallest absolute Gasteiger partial charge is 0.334 e. The van der Waals surface area contributed by atoms with Crippen LogP contribution in [0, 0.1) is 0 Å². The fourth-order valence-corrected chi connectivity index (χ4v) is 19.5. The third kappa shape index (κ3) is 5.12. The van der Waals surface area contributed by atoms with E-state index >= 15 is 0 Å². The molecule has 312 valence electrons. The number of rotatable bonds is 4. The lowest BCUT2D eigenvalue weighted by atomic mass is 9.43. The minimum absolute atomic E-state index is 0.0198. The van der Waals surface area contributed by atoms with Crippen molar-refractivity contribution in [1.82, 2.24) is 0 Å². The number of hydrogen-bond acceptors (Lipinski definition) is 4. The SMILES string of the molecule is CC(C)(C)c1ccc(N2c3cc4sc5ccccc5c4c4c3B(c3c2sc2ccccc32)N2c3ccccc3[Si](c3ccccc3)(c3ccccc3)c3cccc-4c32)c(-c2ccccc2)c1. The largest absolute Gasteiger partial charge is 0.376 e. The Morgan fingerprint density at radius 3 is 1.82 bits per heavy atom. The van der Waals surface area contributed by atoms with Gasteiger partial charge in [-0.05, 0) is 95.6 Å². The van der Waals surface area contributed by atoms with Crippen molar-refractivity contribution in [3.05, 3.63) is 212 Å². The van der Waals surface area contributed by atoms with Gasteiger partial charge in [0.25, 0.3) is 0 Å². The highest BCUT2D eigenvalue weighted by atomic mass is 32.1. The molecule has 5 heterocycles. The summed E-state index contributed by atoms with van der Waals surface area (Å²) < 4.78 is 3.95. The first-order chi connectivity index (χ1) is 32.4. The van der Waals surface area contributed by atoms with Gasteiger partial charge < -0.3 is 9.71 Å². The monoisotopic (exact) mass is 894 g/mol. The maximum Gasteiger partial charge on any atom is 0.334 e. The van der Waals surface area contributed by atoms with Crippen LogP contribution in [0.15, 0.2) is 206 Å². The number of fused-ring (bicyclic) bond motifs is 12. The van der Waals surface area contributed by atoms with E-state index < -0.39 is 8.07 Å². The van der Waals surface area contributed by atoms with Crippen LogP contribution >= 0.6 is 22.7 Å². The second-order valence-corrected chi connectivity index (χ2v) is 25.0. The Labute approximate surface area is 394 Å². The standard InChI is InChI=1S/C60H43BN2S2Si/c1-60(2,3)39-34-35-46(45(36-39)38-20-7-4-8-21-38)62-48-37-51-54(42-26-13-16-30-49(42)64-51)55-44-28-19-33-53-58(44)63(61(57(48)55)56-43-27-14-17-31-50(43)65-59(56)62)47-29-15-18-32-52(47)66(53,40-22-9-5-10-23-40)41-24-11-6-12-25-41/h4-37H,1-3H3. The van der Waals surface area contributed by atoms with Crippen LogP contribution in [-0.2, 0) is 5.41 Å². The quantitative estimate of drug-likeness (QED) is 0.162. The van der Waals surface area contributed by atoms with Crippen LogP contribution in [0.25, 0.3) is 52.5 Å². The van der Waals surface area contributed by atoms with Gasteiger partial charge in [0.15, 0.2) is 8.07 Å². The number of para-hydroxylation sites is 2. The summed E-state index contributed by atoms with van der Waals surface area (Å²) >= 11 is 3.87. The predicted molar refractivity (Wildman–Crippen MR) is 290 cm³/mol. The maximum atomic E-state index is 2.81. The second-order valence-electron chi connectivity index (χ2n) is 19.1. The van der Waals surface area contributed by atoms with Crippen LogP contribution < -0.4 is 41.4 Å². The summed E-state index contributed by atoms with van der Waals surface area (Å²) in [6, 6.07) is 78.9. The van der Waals surface area contributed by atoms with Gasteiger partial charge >= 0.3 is 6.85 Å². The summed E-state index contributed by atoms with van der Waals surface area (Å²) in [5.41, 5.74) is 14.4. The van der Waals surface area contributed by atoms with Gasteiger partial charge in [0.05, 0.1) is 10.7 Å². The lowest BCUT2D eigenvalue weighted by Gasteiger charge is -2.52. The Morgan fingerprint density at radius 2 is 1.09 bits per heavy atom. The molecule has 0 radical (unpaired) electrons. The second kappa shape index (κ2) is 14.0. The molecular weight excluding hydrogens is 852 g/mol. The van der Waals surface area contributed by atoms with Crippen LogP contribution in [0.3, 0.4) is 0 Å². The van der Waals surface area contributed by atoms with Crippen molar-refractivity contribution in [3.63, 3.8) is 0 Å². The van der Waals surface area contributed by atoms with Crippen LogP contribution in [-0.4, -0.2) is 14.9 Å². The van der Waals surface area contributed by atoms with E-state index in [1.807, 2.05) is 22.7 Å². The summed E-state index contributed by atoms with van der Waals surface area (Å²) in [4.78, 5) is 5.48. The van der Waals surface area contributed by atoms with E-state index in [1.165, 1.54) is 117 Å². The summed E-state index contributed by atoms with van der Waals surface area (Å²) in [5, 5.41) is 11.0. The molecule has 3 aliphatic rings. The molecule has 0 N–H and O–H groups in total. The van der Waals surface area contributed by atoms with E-state index in [9.17, 15) is 0 Å².